The third-order valence-corrected chi connectivity index (χ3v) is 5.39. The molecule has 0 aromatic heterocycles. The summed E-state index contributed by atoms with van der Waals surface area (Å²) < 4.78 is 0. The van der Waals surface area contributed by atoms with Crippen molar-refractivity contribution in [1.29, 1.82) is 0 Å². The Kier molecular flexibility index (Phi) is 5.26. The smallest absolute Gasteiger partial charge is 0.305 e. The third kappa shape index (κ3) is 3.71. The van der Waals surface area contributed by atoms with Crippen LogP contribution in [-0.4, -0.2) is 34.6 Å². The van der Waals surface area contributed by atoms with Gasteiger partial charge in [-0.1, -0.05) is 44.9 Å². The first kappa shape index (κ1) is 14.8. The molecule has 2 aliphatic carbocycles. The van der Waals surface area contributed by atoms with Crippen molar-refractivity contribution in [3.63, 3.8) is 0 Å². The van der Waals surface area contributed by atoms with Gasteiger partial charge < -0.3 is 5.11 Å². The molecule has 0 aliphatic heterocycles. The zero-order chi connectivity index (χ0) is 13.7. The molecular formula is C16H29NO2. The molecule has 0 amide bonds. The molecule has 1 N–H and O–H groups in total. The summed E-state index contributed by atoms with van der Waals surface area (Å²) in [5.41, 5.74) is -0.0565. The Balaban J connectivity index is 2.09. The van der Waals surface area contributed by atoms with E-state index in [1.165, 1.54) is 57.8 Å². The molecule has 3 heteroatoms. The number of carbonyl (C=O) groups is 1. The summed E-state index contributed by atoms with van der Waals surface area (Å²) >= 11 is 0. The molecule has 19 heavy (non-hydrogen) atoms. The molecule has 2 aliphatic rings. The molecular weight excluding hydrogens is 238 g/mol. The largest absolute Gasteiger partial charge is 0.481 e. The van der Waals surface area contributed by atoms with E-state index >= 15 is 0 Å². The van der Waals surface area contributed by atoms with Crippen LogP contribution in [0.1, 0.15) is 77.0 Å². The Labute approximate surface area is 117 Å². The maximum Gasteiger partial charge on any atom is 0.305 e. The van der Waals surface area contributed by atoms with E-state index in [0.29, 0.717) is 12.5 Å². The highest BCUT2D eigenvalue weighted by atomic mass is 16.4. The average Bonchev–Trinajstić information content (AvgIpc) is 2.67. The Bertz CT molecular complexity index is 289. The lowest BCUT2D eigenvalue weighted by Gasteiger charge is -2.47. The van der Waals surface area contributed by atoms with Crippen LogP contribution in [0.4, 0.5) is 0 Å². The lowest BCUT2D eigenvalue weighted by molar-refractivity contribution is -0.141. The van der Waals surface area contributed by atoms with Gasteiger partial charge in [-0.2, -0.15) is 0 Å². The molecule has 0 heterocycles. The summed E-state index contributed by atoms with van der Waals surface area (Å²) in [5.74, 6) is -0.623. The molecule has 0 bridgehead atoms. The normalized spacial score (nSPS) is 25.2. The fourth-order valence-electron chi connectivity index (χ4n) is 4.18. The summed E-state index contributed by atoms with van der Waals surface area (Å²) in [6.07, 6.45) is 14.0. The highest BCUT2D eigenvalue weighted by molar-refractivity contribution is 5.68. The minimum atomic E-state index is -0.623. The molecule has 0 aromatic rings. The van der Waals surface area contributed by atoms with Gasteiger partial charge in [-0.3, -0.25) is 9.69 Å². The minimum absolute atomic E-state index is 0.0565. The first-order valence-electron chi connectivity index (χ1n) is 8.09. The fourth-order valence-corrected chi connectivity index (χ4v) is 4.18. The quantitative estimate of drug-likeness (QED) is 0.787. The van der Waals surface area contributed by atoms with E-state index < -0.39 is 5.97 Å². The highest BCUT2D eigenvalue weighted by Gasteiger charge is 2.40. The Hall–Kier alpha value is -0.570. The zero-order valence-corrected chi connectivity index (χ0v) is 12.4. The summed E-state index contributed by atoms with van der Waals surface area (Å²) in [6.45, 7) is 0. The number of carboxylic acids is 1. The van der Waals surface area contributed by atoms with Crippen LogP contribution in [0.2, 0.25) is 0 Å². The van der Waals surface area contributed by atoms with Crippen LogP contribution in [-0.2, 0) is 4.79 Å². The number of hydrogen-bond acceptors (Lipinski definition) is 2. The predicted molar refractivity (Wildman–Crippen MR) is 77.3 cm³/mol. The molecule has 3 nitrogen and oxygen atoms in total. The van der Waals surface area contributed by atoms with E-state index in [4.69, 9.17) is 0 Å². The number of nitrogens with zero attached hydrogens (tertiary/aromatic N) is 1. The fraction of sp³-hybridized carbons (Fsp3) is 0.938. The first-order valence-corrected chi connectivity index (χ1v) is 8.09. The Morgan fingerprint density at radius 1 is 1.05 bits per heavy atom. The van der Waals surface area contributed by atoms with Gasteiger partial charge in [-0.25, -0.2) is 0 Å². The second kappa shape index (κ2) is 6.74. The topological polar surface area (TPSA) is 40.5 Å². The van der Waals surface area contributed by atoms with Gasteiger partial charge in [0.15, 0.2) is 0 Å². The van der Waals surface area contributed by atoms with E-state index in [-0.39, 0.29) is 5.54 Å². The number of rotatable bonds is 4. The number of carboxylic acid groups (broad SMARTS) is 1. The predicted octanol–water partition coefficient (Wildman–Crippen LogP) is 3.82. The second-order valence-electron chi connectivity index (χ2n) is 6.61. The van der Waals surface area contributed by atoms with Crippen LogP contribution in [0.3, 0.4) is 0 Å². The molecule has 0 spiro atoms. The van der Waals surface area contributed by atoms with Crippen molar-refractivity contribution in [3.05, 3.63) is 0 Å². The Morgan fingerprint density at radius 3 is 2.11 bits per heavy atom. The summed E-state index contributed by atoms with van der Waals surface area (Å²) in [6, 6.07) is 0.611. The van der Waals surface area contributed by atoms with E-state index in [1.54, 1.807) is 0 Å². The van der Waals surface area contributed by atoms with Crippen LogP contribution < -0.4 is 0 Å². The van der Waals surface area contributed by atoms with Gasteiger partial charge in [0.2, 0.25) is 0 Å². The molecule has 110 valence electrons. The maximum absolute atomic E-state index is 11.3. The molecule has 0 aromatic carbocycles. The molecule has 0 atom stereocenters. The third-order valence-electron chi connectivity index (χ3n) is 5.39. The molecule has 0 radical (unpaired) electrons. The van der Waals surface area contributed by atoms with Crippen molar-refractivity contribution in [3.8, 4) is 0 Å². The monoisotopic (exact) mass is 267 g/mol. The van der Waals surface area contributed by atoms with Gasteiger partial charge in [-0.15, -0.1) is 0 Å². The SMILES string of the molecule is CN(C1CCCCCC1)C1(CC(=O)O)CCCCC1. The number of aliphatic carboxylic acids is 1. The standard InChI is InChI=1S/C16H29NO2/c1-17(14-9-5-2-3-6-10-14)16(13-15(18)19)11-7-4-8-12-16/h14H,2-13H2,1H3,(H,18,19). The summed E-state index contributed by atoms with van der Waals surface area (Å²) in [4.78, 5) is 13.8. The van der Waals surface area contributed by atoms with E-state index in [1.807, 2.05) is 0 Å². The first-order chi connectivity index (χ1) is 9.14. The van der Waals surface area contributed by atoms with Crippen LogP contribution >= 0.6 is 0 Å². The van der Waals surface area contributed by atoms with Gasteiger partial charge in [0.1, 0.15) is 0 Å². The van der Waals surface area contributed by atoms with Crippen LogP contribution in [0.15, 0.2) is 0 Å². The average molecular weight is 267 g/mol. The van der Waals surface area contributed by atoms with Crippen LogP contribution in [0.5, 0.6) is 0 Å². The molecule has 2 rings (SSSR count). The van der Waals surface area contributed by atoms with Crippen LogP contribution in [0.25, 0.3) is 0 Å². The molecule has 2 saturated carbocycles. The van der Waals surface area contributed by atoms with Crippen molar-refractivity contribution in [1.82, 2.24) is 4.90 Å². The van der Waals surface area contributed by atoms with Crippen molar-refractivity contribution in [2.24, 2.45) is 0 Å². The van der Waals surface area contributed by atoms with Gasteiger partial charge in [0, 0.05) is 11.6 Å². The lowest BCUT2D eigenvalue weighted by atomic mass is 9.77. The summed E-state index contributed by atoms with van der Waals surface area (Å²) in [5, 5.41) is 9.31. The van der Waals surface area contributed by atoms with Crippen LogP contribution in [0, 0.1) is 0 Å². The maximum atomic E-state index is 11.3. The van der Waals surface area contributed by atoms with Gasteiger partial charge >= 0.3 is 5.97 Å². The summed E-state index contributed by atoms with van der Waals surface area (Å²) in [7, 11) is 2.20. The van der Waals surface area contributed by atoms with Crippen molar-refractivity contribution < 1.29 is 9.90 Å². The number of hydrogen-bond donors (Lipinski definition) is 1. The molecule has 0 saturated heterocycles. The lowest BCUT2D eigenvalue weighted by Crippen LogP contribution is -2.53. The van der Waals surface area contributed by atoms with Crippen molar-refractivity contribution >= 4 is 5.97 Å². The molecule has 0 unspecified atom stereocenters. The highest BCUT2D eigenvalue weighted by Crippen LogP contribution is 2.39. The molecule has 2 fully saturated rings. The zero-order valence-electron chi connectivity index (χ0n) is 12.4. The second-order valence-corrected chi connectivity index (χ2v) is 6.61. The van der Waals surface area contributed by atoms with E-state index in [2.05, 4.69) is 11.9 Å². The van der Waals surface area contributed by atoms with Crippen molar-refractivity contribution in [2.45, 2.75) is 88.6 Å². The van der Waals surface area contributed by atoms with Crippen molar-refractivity contribution in [2.75, 3.05) is 7.05 Å². The Morgan fingerprint density at radius 2 is 1.58 bits per heavy atom. The van der Waals surface area contributed by atoms with E-state index in [9.17, 15) is 9.90 Å². The minimum Gasteiger partial charge on any atom is -0.481 e. The van der Waals surface area contributed by atoms with E-state index in [0.717, 1.165) is 12.8 Å². The van der Waals surface area contributed by atoms with Gasteiger partial charge in [0.05, 0.1) is 6.42 Å². The van der Waals surface area contributed by atoms with Gasteiger partial charge in [0.25, 0.3) is 0 Å². The van der Waals surface area contributed by atoms with Gasteiger partial charge in [-0.05, 0) is 32.7 Å².